The fourth-order valence-corrected chi connectivity index (χ4v) is 2.91. The molecule has 1 fully saturated rings. The smallest absolute Gasteiger partial charge is 0.276 e. The first-order chi connectivity index (χ1) is 12.7. The summed E-state index contributed by atoms with van der Waals surface area (Å²) in [6.07, 6.45) is 3.99. The Morgan fingerprint density at radius 2 is 2.00 bits per heavy atom. The lowest BCUT2D eigenvalue weighted by Gasteiger charge is -2.15. The van der Waals surface area contributed by atoms with Crippen LogP contribution in [0.25, 0.3) is 5.69 Å². The summed E-state index contributed by atoms with van der Waals surface area (Å²) in [4.78, 5) is 20.1. The molecule has 4 rings (SSSR count). The van der Waals surface area contributed by atoms with Crippen LogP contribution >= 0.6 is 0 Å². The van der Waals surface area contributed by atoms with E-state index >= 15 is 0 Å². The van der Waals surface area contributed by atoms with Crippen molar-refractivity contribution in [3.8, 4) is 11.6 Å². The summed E-state index contributed by atoms with van der Waals surface area (Å²) in [6.45, 7) is 3.13. The molecule has 1 aromatic carbocycles. The number of para-hydroxylation sites is 1. The zero-order valence-corrected chi connectivity index (χ0v) is 14.4. The first-order valence-corrected chi connectivity index (χ1v) is 8.55. The van der Waals surface area contributed by atoms with Crippen LogP contribution in [-0.4, -0.2) is 50.0 Å². The monoisotopic (exact) mass is 349 g/mol. The fraction of sp³-hybridized carbons (Fsp3) is 0.263. The molecule has 1 saturated heterocycles. The second kappa shape index (κ2) is 6.95. The maximum atomic E-state index is 12.7. The highest BCUT2D eigenvalue weighted by atomic mass is 16.5. The third kappa shape index (κ3) is 3.42. The van der Waals surface area contributed by atoms with Gasteiger partial charge in [-0.25, -0.2) is 4.98 Å². The van der Waals surface area contributed by atoms with E-state index in [0.29, 0.717) is 24.7 Å². The van der Waals surface area contributed by atoms with Crippen molar-refractivity contribution in [1.29, 1.82) is 0 Å². The van der Waals surface area contributed by atoms with Gasteiger partial charge in [-0.1, -0.05) is 24.3 Å². The summed E-state index contributed by atoms with van der Waals surface area (Å²) >= 11 is 0. The van der Waals surface area contributed by atoms with Gasteiger partial charge in [-0.15, -0.1) is 5.10 Å². The lowest BCUT2D eigenvalue weighted by molar-refractivity contribution is 0.0765. The minimum atomic E-state index is -0.129. The molecule has 0 spiro atoms. The molecule has 26 heavy (non-hydrogen) atoms. The predicted molar refractivity (Wildman–Crippen MR) is 95.3 cm³/mol. The van der Waals surface area contributed by atoms with Crippen molar-refractivity contribution in [1.82, 2.24) is 24.9 Å². The molecule has 0 aliphatic carbocycles. The minimum absolute atomic E-state index is 0.0571. The van der Waals surface area contributed by atoms with Crippen LogP contribution in [0.3, 0.4) is 0 Å². The molecule has 3 heterocycles. The molecule has 1 amide bonds. The Balaban J connectivity index is 1.40. The highest BCUT2D eigenvalue weighted by Gasteiger charge is 2.30. The van der Waals surface area contributed by atoms with Gasteiger partial charge >= 0.3 is 0 Å². The number of likely N-dealkylation sites (tertiary alicyclic amines) is 1. The largest absolute Gasteiger partial charge is 0.472 e. The van der Waals surface area contributed by atoms with Gasteiger partial charge in [0.1, 0.15) is 6.10 Å². The standard InChI is InChI=1S/C19H19N5O2/c1-14-7-8-18(20-11-14)26-16-9-10-23(13-16)19(25)17-12-21-24(22-17)15-5-3-2-4-6-15/h2-8,11-12,16H,9-10,13H2,1H3. The summed E-state index contributed by atoms with van der Waals surface area (Å²) in [5.74, 6) is 0.458. The van der Waals surface area contributed by atoms with Gasteiger partial charge in [0.25, 0.3) is 5.91 Å². The van der Waals surface area contributed by atoms with E-state index in [-0.39, 0.29) is 12.0 Å². The third-order valence-electron chi connectivity index (χ3n) is 4.30. The fourth-order valence-electron chi connectivity index (χ4n) is 2.91. The minimum Gasteiger partial charge on any atom is -0.472 e. The number of hydrogen-bond donors (Lipinski definition) is 0. The number of carbonyl (C=O) groups is 1. The maximum Gasteiger partial charge on any atom is 0.276 e. The van der Waals surface area contributed by atoms with Gasteiger partial charge in [0.2, 0.25) is 5.88 Å². The second-order valence-corrected chi connectivity index (χ2v) is 6.31. The van der Waals surface area contributed by atoms with Crippen molar-refractivity contribution < 1.29 is 9.53 Å². The highest BCUT2D eigenvalue weighted by molar-refractivity contribution is 5.92. The lowest BCUT2D eigenvalue weighted by Crippen LogP contribution is -2.31. The van der Waals surface area contributed by atoms with Crippen LogP contribution in [0.15, 0.2) is 54.9 Å². The number of carbonyl (C=O) groups excluding carboxylic acids is 1. The van der Waals surface area contributed by atoms with Gasteiger partial charge in [-0.3, -0.25) is 4.79 Å². The van der Waals surface area contributed by atoms with Gasteiger partial charge in [0.15, 0.2) is 5.69 Å². The highest BCUT2D eigenvalue weighted by Crippen LogP contribution is 2.18. The van der Waals surface area contributed by atoms with Gasteiger partial charge in [-0.2, -0.15) is 9.90 Å². The first kappa shape index (κ1) is 16.3. The van der Waals surface area contributed by atoms with Gasteiger partial charge in [0, 0.05) is 25.2 Å². The Bertz CT molecular complexity index is 892. The Hall–Kier alpha value is -3.22. The average molecular weight is 349 g/mol. The lowest BCUT2D eigenvalue weighted by atomic mass is 10.3. The van der Waals surface area contributed by atoms with E-state index in [1.165, 1.54) is 11.0 Å². The van der Waals surface area contributed by atoms with Gasteiger partial charge < -0.3 is 9.64 Å². The number of amides is 1. The molecule has 0 radical (unpaired) electrons. The molecule has 1 atom stereocenters. The molecule has 3 aromatic rings. The van der Waals surface area contributed by atoms with E-state index in [2.05, 4.69) is 15.2 Å². The maximum absolute atomic E-state index is 12.7. The van der Waals surface area contributed by atoms with E-state index < -0.39 is 0 Å². The number of pyridine rings is 1. The van der Waals surface area contributed by atoms with E-state index in [0.717, 1.165) is 17.7 Å². The van der Waals surface area contributed by atoms with Crippen molar-refractivity contribution in [2.24, 2.45) is 0 Å². The number of hydrogen-bond acceptors (Lipinski definition) is 5. The number of nitrogens with zero attached hydrogens (tertiary/aromatic N) is 5. The summed E-state index contributed by atoms with van der Waals surface area (Å²) in [6, 6.07) is 13.3. The molecule has 1 aliphatic rings. The topological polar surface area (TPSA) is 73.1 Å². The normalized spacial score (nSPS) is 16.7. The van der Waals surface area contributed by atoms with E-state index in [4.69, 9.17) is 4.74 Å². The van der Waals surface area contributed by atoms with Crippen LogP contribution in [0.5, 0.6) is 5.88 Å². The Morgan fingerprint density at radius 3 is 2.77 bits per heavy atom. The van der Waals surface area contributed by atoms with E-state index in [9.17, 15) is 4.79 Å². The molecule has 0 N–H and O–H groups in total. The number of aromatic nitrogens is 4. The molecule has 2 aromatic heterocycles. The molecular formula is C19H19N5O2. The summed E-state index contributed by atoms with van der Waals surface area (Å²) in [5, 5.41) is 8.50. The summed E-state index contributed by atoms with van der Waals surface area (Å²) in [7, 11) is 0. The zero-order valence-electron chi connectivity index (χ0n) is 14.4. The molecule has 0 saturated carbocycles. The van der Waals surface area contributed by atoms with Crippen molar-refractivity contribution in [3.63, 3.8) is 0 Å². The number of benzene rings is 1. The second-order valence-electron chi connectivity index (χ2n) is 6.31. The van der Waals surface area contributed by atoms with Crippen molar-refractivity contribution >= 4 is 5.91 Å². The van der Waals surface area contributed by atoms with Crippen molar-refractivity contribution in [2.45, 2.75) is 19.4 Å². The molecule has 132 valence electrons. The number of ether oxygens (including phenoxy) is 1. The first-order valence-electron chi connectivity index (χ1n) is 8.55. The van der Waals surface area contributed by atoms with Crippen molar-refractivity contribution in [3.05, 3.63) is 66.1 Å². The van der Waals surface area contributed by atoms with Crippen LogP contribution in [0, 0.1) is 6.92 Å². The Morgan fingerprint density at radius 1 is 1.15 bits per heavy atom. The third-order valence-corrected chi connectivity index (χ3v) is 4.30. The van der Waals surface area contributed by atoms with Crippen LogP contribution in [-0.2, 0) is 0 Å². The average Bonchev–Trinajstić information content (AvgIpc) is 3.34. The SMILES string of the molecule is Cc1ccc(OC2CCN(C(=O)c3cnn(-c4ccccc4)n3)C2)nc1. The van der Waals surface area contributed by atoms with Crippen LogP contribution < -0.4 is 4.74 Å². The molecule has 0 bridgehead atoms. The van der Waals surface area contributed by atoms with Crippen LogP contribution in [0.1, 0.15) is 22.5 Å². The zero-order chi connectivity index (χ0) is 17.9. The quantitative estimate of drug-likeness (QED) is 0.722. The molecule has 7 nitrogen and oxygen atoms in total. The van der Waals surface area contributed by atoms with Crippen molar-refractivity contribution in [2.75, 3.05) is 13.1 Å². The molecule has 1 unspecified atom stereocenters. The Kier molecular flexibility index (Phi) is 4.35. The molecule has 7 heteroatoms. The van der Waals surface area contributed by atoms with Gasteiger partial charge in [-0.05, 0) is 24.6 Å². The molecule has 1 aliphatic heterocycles. The van der Waals surface area contributed by atoms with Crippen LogP contribution in [0.4, 0.5) is 0 Å². The predicted octanol–water partition coefficient (Wildman–Crippen LogP) is 2.26. The number of rotatable bonds is 4. The van der Waals surface area contributed by atoms with Gasteiger partial charge in [0.05, 0.1) is 18.4 Å². The van der Waals surface area contributed by atoms with E-state index in [1.807, 2.05) is 49.4 Å². The molecular weight excluding hydrogens is 330 g/mol. The Labute approximate surface area is 151 Å². The summed E-state index contributed by atoms with van der Waals surface area (Å²) < 4.78 is 5.87. The number of aryl methyl sites for hydroxylation is 1. The van der Waals surface area contributed by atoms with E-state index in [1.54, 1.807) is 11.1 Å². The van der Waals surface area contributed by atoms with Crippen LogP contribution in [0.2, 0.25) is 0 Å². The summed E-state index contributed by atoms with van der Waals surface area (Å²) in [5.41, 5.74) is 2.24.